The quantitative estimate of drug-likeness (QED) is 0.0391. The molecule has 0 aromatic heterocycles. The van der Waals surface area contributed by atoms with Gasteiger partial charge in [0.25, 0.3) is 0 Å². The Labute approximate surface area is 294 Å². The van der Waals surface area contributed by atoms with Crippen molar-refractivity contribution in [1.29, 1.82) is 0 Å². The van der Waals surface area contributed by atoms with E-state index in [0.29, 0.717) is 30.9 Å². The van der Waals surface area contributed by atoms with Gasteiger partial charge in [0.15, 0.2) is 6.35 Å². The van der Waals surface area contributed by atoms with Crippen molar-refractivity contribution in [3.63, 3.8) is 0 Å². The fraction of sp³-hybridized carbons (Fsp3) is 0.200. The minimum atomic E-state index is -2.07. The van der Waals surface area contributed by atoms with E-state index in [-0.39, 0.29) is 27.4 Å². The number of amidine groups is 2. The molecule has 0 aliphatic carbocycles. The molecule has 46 heavy (non-hydrogen) atoms. The van der Waals surface area contributed by atoms with E-state index < -0.39 is 7.26 Å². The maximum atomic E-state index is 6.42. The molecule has 0 aliphatic rings. The molecule has 11 heteroatoms. The number of nitrogens with one attached hydrogen (secondary N) is 2. The summed E-state index contributed by atoms with van der Waals surface area (Å²) in [4.78, 5) is 0. The molecule has 4 rings (SSSR count). The second kappa shape index (κ2) is 19.2. The first-order valence-corrected chi connectivity index (χ1v) is 17.5. The van der Waals surface area contributed by atoms with E-state index in [1.807, 2.05) is 19.1 Å². The standard InChI is InChI=1S/C35H39N6OPS2.Cu/c1-4-28-20-22-29(23-21-28)33(39-40-34(44)36-3)27(2)38-41-35(45)37-24-25-42-26-43(30-14-8-5-9-15-30,31-16-10-6-11-17-31)32-18-12-7-13-19-32;/h5-23H,4,24-26H2,1-3H3,(H3-,36,37,38,39,40,41,44,45);/q;+2/p-1. The van der Waals surface area contributed by atoms with E-state index in [1.54, 1.807) is 7.05 Å². The SMILES string of the molecule is CCc1ccc(C(=N\N=C(/[S-])NC)/C(C)=N/N=C(\[S-])NCCOC[P+](c2ccccc2)(c2ccccc2)c2ccccc2)cc1.[Cu+2]. The molecule has 0 heterocycles. The summed E-state index contributed by atoms with van der Waals surface area (Å²) in [5.74, 6) is 0. The van der Waals surface area contributed by atoms with Crippen LogP contribution in [0.5, 0.6) is 0 Å². The van der Waals surface area contributed by atoms with Gasteiger partial charge in [-0.3, -0.25) is 0 Å². The van der Waals surface area contributed by atoms with Crippen LogP contribution in [-0.2, 0) is 53.5 Å². The number of rotatable bonds is 13. The second-order valence-corrected chi connectivity index (χ2v) is 14.2. The summed E-state index contributed by atoms with van der Waals surface area (Å²) in [7, 11) is -0.367. The molecule has 7 nitrogen and oxygen atoms in total. The smallest absolute Gasteiger partial charge is 0.741 e. The van der Waals surface area contributed by atoms with Gasteiger partial charge in [-0.1, -0.05) is 85.8 Å². The van der Waals surface area contributed by atoms with Gasteiger partial charge >= 0.3 is 17.1 Å². The fourth-order valence-corrected chi connectivity index (χ4v) is 8.71. The monoisotopic (exact) mass is 716 g/mol. The first-order chi connectivity index (χ1) is 22.0. The van der Waals surface area contributed by atoms with Gasteiger partial charge in [0.05, 0.1) is 12.3 Å². The van der Waals surface area contributed by atoms with Gasteiger partial charge in [0.2, 0.25) is 0 Å². The molecule has 0 fully saturated rings. The van der Waals surface area contributed by atoms with Gasteiger partial charge in [-0.25, -0.2) is 0 Å². The number of hydrogen-bond acceptors (Lipinski definition) is 7. The van der Waals surface area contributed by atoms with Crippen molar-refractivity contribution >= 4 is 70.2 Å². The number of hydrogen-bond donors (Lipinski definition) is 2. The summed E-state index contributed by atoms with van der Waals surface area (Å²) in [6.45, 7) is 4.87. The van der Waals surface area contributed by atoms with Crippen molar-refractivity contribution in [3.05, 3.63) is 126 Å². The second-order valence-electron chi connectivity index (χ2n) is 10.0. The van der Waals surface area contributed by atoms with Crippen molar-refractivity contribution in [2.75, 3.05) is 26.5 Å². The molecule has 0 unspecified atom stereocenters. The van der Waals surface area contributed by atoms with Crippen LogP contribution < -0.4 is 26.5 Å². The van der Waals surface area contributed by atoms with Gasteiger partial charge in [-0.2, -0.15) is 15.3 Å². The summed E-state index contributed by atoms with van der Waals surface area (Å²) < 4.78 is 6.42. The molecular formula is C35H38CuN6OPS2+. The number of aryl methyl sites for hydroxylation is 1. The molecule has 0 bridgehead atoms. The molecule has 0 aliphatic heterocycles. The Balaban J connectivity index is 0.00000576. The molecule has 4 aromatic rings. The Hall–Kier alpha value is -3.49. The number of benzene rings is 4. The minimum absolute atomic E-state index is 0. The van der Waals surface area contributed by atoms with E-state index in [1.165, 1.54) is 21.5 Å². The van der Waals surface area contributed by atoms with Crippen LogP contribution in [0, 0.1) is 0 Å². The van der Waals surface area contributed by atoms with Gasteiger partial charge in [0.1, 0.15) is 28.9 Å². The van der Waals surface area contributed by atoms with Crippen LogP contribution in [0.15, 0.2) is 136 Å². The zero-order valence-electron chi connectivity index (χ0n) is 26.1. The first-order valence-electron chi connectivity index (χ1n) is 14.7. The molecule has 0 saturated carbocycles. The van der Waals surface area contributed by atoms with E-state index >= 15 is 0 Å². The molecular weight excluding hydrogens is 679 g/mol. The Morgan fingerprint density at radius 1 is 0.696 bits per heavy atom. The average Bonchev–Trinajstić information content (AvgIpc) is 3.10. The maximum absolute atomic E-state index is 6.42. The molecule has 1 radical (unpaired) electrons. The van der Waals surface area contributed by atoms with E-state index in [9.17, 15) is 0 Å². The van der Waals surface area contributed by atoms with Crippen molar-refractivity contribution in [1.82, 2.24) is 10.6 Å². The molecule has 4 aromatic carbocycles. The Bertz CT molecular complexity index is 1520. The van der Waals surface area contributed by atoms with Crippen molar-refractivity contribution < 1.29 is 21.8 Å². The van der Waals surface area contributed by atoms with Crippen molar-refractivity contribution in [3.8, 4) is 0 Å². The molecule has 0 amide bonds. The summed E-state index contributed by atoms with van der Waals surface area (Å²) in [5.41, 5.74) is 3.21. The van der Waals surface area contributed by atoms with E-state index in [4.69, 9.17) is 30.0 Å². The first kappa shape index (κ1) is 37.0. The largest absolute Gasteiger partial charge is 2.00 e. The third-order valence-corrected chi connectivity index (χ3v) is 11.7. The van der Waals surface area contributed by atoms with Crippen molar-refractivity contribution in [2.24, 2.45) is 20.4 Å². The van der Waals surface area contributed by atoms with E-state index in [2.05, 4.69) is 141 Å². The third-order valence-electron chi connectivity index (χ3n) is 7.12. The summed E-state index contributed by atoms with van der Waals surface area (Å²) in [6.07, 6.45) is 1.50. The minimum Gasteiger partial charge on any atom is -0.741 e. The van der Waals surface area contributed by atoms with Crippen LogP contribution in [0.4, 0.5) is 0 Å². The number of ether oxygens (including phenoxy) is 1. The molecule has 241 valence electrons. The van der Waals surface area contributed by atoms with E-state index in [0.717, 1.165) is 12.0 Å². The summed E-state index contributed by atoms with van der Waals surface area (Å²) in [6, 6.07) is 40.1. The Morgan fingerprint density at radius 2 is 1.20 bits per heavy atom. The zero-order chi connectivity index (χ0) is 31.9. The summed E-state index contributed by atoms with van der Waals surface area (Å²) >= 11 is 10.6. The van der Waals surface area contributed by atoms with Crippen LogP contribution in [0.2, 0.25) is 0 Å². The van der Waals surface area contributed by atoms with Crippen LogP contribution >= 0.6 is 7.26 Å². The van der Waals surface area contributed by atoms with Crippen LogP contribution in [0.1, 0.15) is 25.0 Å². The van der Waals surface area contributed by atoms with Gasteiger partial charge in [-0.15, -0.1) is 5.10 Å². The maximum Gasteiger partial charge on any atom is 2.00 e. The predicted molar refractivity (Wildman–Crippen MR) is 198 cm³/mol. The van der Waals surface area contributed by atoms with Crippen LogP contribution in [0.25, 0.3) is 0 Å². The van der Waals surface area contributed by atoms with Gasteiger partial charge < -0.3 is 40.6 Å². The van der Waals surface area contributed by atoms with Crippen molar-refractivity contribution in [2.45, 2.75) is 20.3 Å². The normalized spacial score (nSPS) is 12.8. The fourth-order valence-electron chi connectivity index (χ4n) is 4.74. The topological polar surface area (TPSA) is 82.7 Å². The third kappa shape index (κ3) is 10.0. The molecule has 2 N–H and O–H groups in total. The zero-order valence-corrected chi connectivity index (χ0v) is 29.5. The summed E-state index contributed by atoms with van der Waals surface area (Å²) in [5, 5.41) is 27.3. The number of nitrogens with zero attached hydrogens (tertiary/aromatic N) is 4. The predicted octanol–water partition coefficient (Wildman–Crippen LogP) is 4.91. The molecule has 0 atom stereocenters. The average molecular weight is 717 g/mol. The van der Waals surface area contributed by atoms with Gasteiger partial charge in [-0.05, 0) is 65.6 Å². The molecule has 0 spiro atoms. The molecule has 0 saturated heterocycles. The van der Waals surface area contributed by atoms with Gasteiger partial charge in [0, 0.05) is 19.2 Å². The Morgan fingerprint density at radius 3 is 1.67 bits per heavy atom. The van der Waals surface area contributed by atoms with Crippen LogP contribution in [-0.4, -0.2) is 48.3 Å². The van der Waals surface area contributed by atoms with Crippen LogP contribution in [0.3, 0.4) is 0 Å². The Kier molecular flexibility index (Phi) is 15.5.